The molecule has 0 amide bonds. The average molecular weight is 243 g/mol. The maximum atomic E-state index is 9.42. The summed E-state index contributed by atoms with van der Waals surface area (Å²) in [6, 6.07) is 8.22. The van der Waals surface area contributed by atoms with Crippen molar-refractivity contribution in [3.05, 3.63) is 48.0 Å². The Kier molecular flexibility index (Phi) is 3.13. The van der Waals surface area contributed by atoms with E-state index >= 15 is 0 Å². The number of nitrogens with one attached hydrogen (secondary N) is 1. The van der Waals surface area contributed by atoms with E-state index in [9.17, 15) is 5.11 Å². The Labute approximate surface area is 106 Å². The highest BCUT2D eigenvalue weighted by Crippen LogP contribution is 2.25. The van der Waals surface area contributed by atoms with Gasteiger partial charge in [-0.05, 0) is 25.5 Å². The average Bonchev–Trinajstić information content (AvgIpc) is 3.09. The standard InChI is InChI=1S/C14H17N3O/c18-10-11-4-1-2-6-13(11)17-9-8-16-14(17)12-5-3-7-15-12/h1-2,4,6,8-9,12,15,18H,3,5,7,10H2/t12-/m0/s1. The smallest absolute Gasteiger partial charge is 0.130 e. The first-order valence-electron chi connectivity index (χ1n) is 6.36. The molecule has 1 saturated heterocycles. The number of aliphatic hydroxyl groups is 1. The van der Waals surface area contributed by atoms with Gasteiger partial charge >= 0.3 is 0 Å². The third-order valence-corrected chi connectivity index (χ3v) is 3.46. The van der Waals surface area contributed by atoms with Crippen LogP contribution < -0.4 is 5.32 Å². The Morgan fingerprint density at radius 3 is 3.06 bits per heavy atom. The number of nitrogens with zero attached hydrogens (tertiary/aromatic N) is 2. The highest BCUT2D eigenvalue weighted by atomic mass is 16.3. The van der Waals surface area contributed by atoms with Crippen LogP contribution in [0.4, 0.5) is 0 Å². The molecule has 0 spiro atoms. The molecule has 2 N–H and O–H groups in total. The minimum absolute atomic E-state index is 0.0475. The van der Waals surface area contributed by atoms with Crippen LogP contribution in [0.5, 0.6) is 0 Å². The fourth-order valence-corrected chi connectivity index (χ4v) is 2.56. The number of imidazole rings is 1. The highest BCUT2D eigenvalue weighted by molar-refractivity contribution is 5.42. The van der Waals surface area contributed by atoms with Crippen LogP contribution in [0, 0.1) is 0 Å². The Bertz CT molecular complexity index is 529. The summed E-state index contributed by atoms with van der Waals surface area (Å²) in [6.07, 6.45) is 6.10. The summed E-state index contributed by atoms with van der Waals surface area (Å²) >= 11 is 0. The molecule has 0 saturated carbocycles. The van der Waals surface area contributed by atoms with Crippen LogP contribution >= 0.6 is 0 Å². The van der Waals surface area contributed by atoms with E-state index in [2.05, 4.69) is 14.9 Å². The molecule has 2 aromatic rings. The summed E-state index contributed by atoms with van der Waals surface area (Å²) in [6.45, 7) is 1.10. The summed E-state index contributed by atoms with van der Waals surface area (Å²) in [5.74, 6) is 1.04. The van der Waals surface area contributed by atoms with Crippen molar-refractivity contribution in [1.82, 2.24) is 14.9 Å². The molecule has 1 aromatic carbocycles. The zero-order valence-corrected chi connectivity index (χ0v) is 10.2. The van der Waals surface area contributed by atoms with Gasteiger partial charge in [0.1, 0.15) is 5.82 Å². The monoisotopic (exact) mass is 243 g/mol. The van der Waals surface area contributed by atoms with E-state index in [0.717, 1.165) is 30.0 Å². The van der Waals surface area contributed by atoms with Gasteiger partial charge in [0.05, 0.1) is 18.3 Å². The molecule has 3 rings (SSSR count). The Hall–Kier alpha value is -1.65. The molecule has 0 aliphatic carbocycles. The van der Waals surface area contributed by atoms with E-state index in [-0.39, 0.29) is 6.61 Å². The van der Waals surface area contributed by atoms with Crippen molar-refractivity contribution >= 4 is 0 Å². The maximum Gasteiger partial charge on any atom is 0.130 e. The second kappa shape index (κ2) is 4.92. The lowest BCUT2D eigenvalue weighted by Gasteiger charge is -2.15. The van der Waals surface area contributed by atoms with Crippen molar-refractivity contribution in [3.8, 4) is 5.69 Å². The molecule has 2 heterocycles. The third-order valence-electron chi connectivity index (χ3n) is 3.46. The fraction of sp³-hybridized carbons (Fsp3) is 0.357. The van der Waals surface area contributed by atoms with Gasteiger partial charge in [-0.25, -0.2) is 4.98 Å². The zero-order chi connectivity index (χ0) is 12.4. The topological polar surface area (TPSA) is 50.1 Å². The van der Waals surface area contributed by atoms with Crippen molar-refractivity contribution in [3.63, 3.8) is 0 Å². The predicted molar refractivity (Wildman–Crippen MR) is 69.5 cm³/mol. The number of hydrogen-bond donors (Lipinski definition) is 2. The predicted octanol–water partition coefficient (Wildman–Crippen LogP) is 1.79. The van der Waals surface area contributed by atoms with Gasteiger partial charge in [-0.3, -0.25) is 0 Å². The van der Waals surface area contributed by atoms with Crippen LogP contribution in [-0.4, -0.2) is 21.2 Å². The second-order valence-electron chi connectivity index (χ2n) is 4.59. The molecule has 4 heteroatoms. The Morgan fingerprint density at radius 2 is 2.28 bits per heavy atom. The quantitative estimate of drug-likeness (QED) is 0.864. The first kappa shape index (κ1) is 11.4. The number of aliphatic hydroxyl groups excluding tert-OH is 1. The Balaban J connectivity index is 2.03. The number of rotatable bonds is 3. The highest BCUT2D eigenvalue weighted by Gasteiger charge is 2.21. The molecule has 1 aliphatic rings. The number of hydrogen-bond acceptors (Lipinski definition) is 3. The molecule has 1 fully saturated rings. The molecule has 1 aromatic heterocycles. The molecule has 1 aliphatic heterocycles. The van der Waals surface area contributed by atoms with E-state index in [4.69, 9.17) is 0 Å². The van der Waals surface area contributed by atoms with Crippen molar-refractivity contribution in [2.24, 2.45) is 0 Å². The molecule has 0 unspecified atom stereocenters. The van der Waals surface area contributed by atoms with E-state index in [1.807, 2.05) is 36.7 Å². The van der Waals surface area contributed by atoms with Crippen LogP contribution in [0.2, 0.25) is 0 Å². The number of aromatic nitrogens is 2. The van der Waals surface area contributed by atoms with Crippen molar-refractivity contribution in [2.75, 3.05) is 6.54 Å². The molecule has 0 radical (unpaired) electrons. The van der Waals surface area contributed by atoms with Crippen LogP contribution in [0.25, 0.3) is 5.69 Å². The molecule has 0 bridgehead atoms. The molecular weight excluding hydrogens is 226 g/mol. The lowest BCUT2D eigenvalue weighted by atomic mass is 10.1. The van der Waals surface area contributed by atoms with Crippen molar-refractivity contribution < 1.29 is 5.11 Å². The lowest BCUT2D eigenvalue weighted by Crippen LogP contribution is -2.17. The second-order valence-corrected chi connectivity index (χ2v) is 4.59. The number of benzene rings is 1. The summed E-state index contributed by atoms with van der Waals surface area (Å²) in [5.41, 5.74) is 1.94. The first-order valence-corrected chi connectivity index (χ1v) is 6.36. The largest absolute Gasteiger partial charge is 0.392 e. The van der Waals surface area contributed by atoms with E-state index < -0.39 is 0 Å². The molecule has 94 valence electrons. The van der Waals surface area contributed by atoms with E-state index in [0.29, 0.717) is 6.04 Å². The summed E-state index contributed by atoms with van der Waals surface area (Å²) < 4.78 is 2.08. The van der Waals surface area contributed by atoms with Crippen LogP contribution in [-0.2, 0) is 6.61 Å². The lowest BCUT2D eigenvalue weighted by molar-refractivity contribution is 0.281. The summed E-state index contributed by atoms with van der Waals surface area (Å²) in [4.78, 5) is 4.47. The normalized spacial score (nSPS) is 19.3. The van der Waals surface area contributed by atoms with Crippen molar-refractivity contribution in [1.29, 1.82) is 0 Å². The van der Waals surface area contributed by atoms with Crippen LogP contribution in [0.15, 0.2) is 36.7 Å². The first-order chi connectivity index (χ1) is 8.90. The summed E-state index contributed by atoms with van der Waals surface area (Å²) in [5, 5.41) is 12.9. The van der Waals surface area contributed by atoms with Gasteiger partial charge < -0.3 is 15.0 Å². The minimum Gasteiger partial charge on any atom is -0.392 e. The molecule has 1 atom stereocenters. The van der Waals surface area contributed by atoms with Gasteiger partial charge in [-0.1, -0.05) is 18.2 Å². The van der Waals surface area contributed by atoms with E-state index in [1.54, 1.807) is 0 Å². The van der Waals surface area contributed by atoms with Gasteiger partial charge in [0.25, 0.3) is 0 Å². The molecular formula is C14H17N3O. The SMILES string of the molecule is OCc1ccccc1-n1ccnc1[C@@H]1CCCN1. The third kappa shape index (κ3) is 1.94. The van der Waals surface area contributed by atoms with Gasteiger partial charge in [0.15, 0.2) is 0 Å². The van der Waals surface area contributed by atoms with Crippen molar-refractivity contribution in [2.45, 2.75) is 25.5 Å². The van der Waals surface area contributed by atoms with Crippen LogP contribution in [0.1, 0.15) is 30.3 Å². The fourth-order valence-electron chi connectivity index (χ4n) is 2.56. The van der Waals surface area contributed by atoms with Gasteiger partial charge in [-0.15, -0.1) is 0 Å². The van der Waals surface area contributed by atoms with E-state index in [1.165, 1.54) is 6.42 Å². The van der Waals surface area contributed by atoms with Gasteiger partial charge in [-0.2, -0.15) is 0 Å². The minimum atomic E-state index is 0.0475. The summed E-state index contributed by atoms with van der Waals surface area (Å²) in [7, 11) is 0. The molecule has 18 heavy (non-hydrogen) atoms. The Morgan fingerprint density at radius 1 is 1.39 bits per heavy atom. The zero-order valence-electron chi connectivity index (χ0n) is 10.2. The van der Waals surface area contributed by atoms with Gasteiger partial charge in [0, 0.05) is 18.0 Å². The number of para-hydroxylation sites is 1. The van der Waals surface area contributed by atoms with Gasteiger partial charge in [0.2, 0.25) is 0 Å². The molecule has 4 nitrogen and oxygen atoms in total. The maximum absolute atomic E-state index is 9.42. The van der Waals surface area contributed by atoms with Crippen LogP contribution in [0.3, 0.4) is 0 Å².